The Morgan fingerprint density at radius 1 is 1.08 bits per heavy atom. The van der Waals surface area contributed by atoms with Gasteiger partial charge in [0.15, 0.2) is 0 Å². The number of carbonyl (C=O) groups is 2. The van der Waals surface area contributed by atoms with Crippen molar-refractivity contribution in [3.8, 4) is 0 Å². The van der Waals surface area contributed by atoms with Gasteiger partial charge in [-0.3, -0.25) is 9.59 Å². The first-order valence-corrected chi connectivity index (χ1v) is 10.3. The molecule has 3 unspecified atom stereocenters. The molecule has 0 aromatic rings. The first-order valence-electron chi connectivity index (χ1n) is 10.3. The van der Waals surface area contributed by atoms with E-state index in [0.717, 1.165) is 38.0 Å². The molecule has 0 bridgehead atoms. The molecular formula is C21H38O4. The van der Waals surface area contributed by atoms with E-state index in [2.05, 4.69) is 20.8 Å². The zero-order valence-corrected chi connectivity index (χ0v) is 16.4. The lowest BCUT2D eigenvalue weighted by molar-refractivity contribution is -0.161. The first-order chi connectivity index (χ1) is 11.8. The molecule has 146 valence electrons. The number of carboxylic acid groups (broad SMARTS) is 2. The lowest BCUT2D eigenvalue weighted by Gasteiger charge is -2.43. The number of aliphatic carboxylic acids is 2. The smallest absolute Gasteiger partial charge is 0.309 e. The van der Waals surface area contributed by atoms with Crippen LogP contribution in [0.2, 0.25) is 0 Å². The standard InChI is InChI=1S/C21H38O4/c1-4-5-11-18-15-17(19(22)23)12-14-21(18,20(24)25)13-9-7-6-8-10-16(2)3/h16-18H,4-15H2,1-3H3,(H,22,23)(H,24,25). The second kappa shape index (κ2) is 10.8. The molecule has 1 fully saturated rings. The third-order valence-electron chi connectivity index (χ3n) is 6.13. The molecule has 3 atom stereocenters. The van der Waals surface area contributed by atoms with Crippen LogP contribution in [0, 0.1) is 23.2 Å². The largest absolute Gasteiger partial charge is 0.481 e. The van der Waals surface area contributed by atoms with Crippen LogP contribution < -0.4 is 0 Å². The van der Waals surface area contributed by atoms with Crippen molar-refractivity contribution in [2.75, 3.05) is 0 Å². The molecule has 0 spiro atoms. The predicted octanol–water partition coefficient (Wildman–Crippen LogP) is 5.75. The van der Waals surface area contributed by atoms with Crippen molar-refractivity contribution < 1.29 is 19.8 Å². The lowest BCUT2D eigenvalue weighted by atomic mass is 9.59. The molecule has 1 rings (SSSR count). The van der Waals surface area contributed by atoms with E-state index in [1.165, 1.54) is 19.3 Å². The molecule has 1 saturated carbocycles. The number of unbranched alkanes of at least 4 members (excludes halogenated alkanes) is 4. The molecule has 1 aliphatic carbocycles. The summed E-state index contributed by atoms with van der Waals surface area (Å²) in [6, 6.07) is 0. The molecule has 0 saturated heterocycles. The van der Waals surface area contributed by atoms with E-state index in [9.17, 15) is 19.8 Å². The fourth-order valence-corrected chi connectivity index (χ4v) is 4.46. The summed E-state index contributed by atoms with van der Waals surface area (Å²) in [5, 5.41) is 19.4. The minimum Gasteiger partial charge on any atom is -0.481 e. The van der Waals surface area contributed by atoms with Gasteiger partial charge in [0.05, 0.1) is 11.3 Å². The SMILES string of the molecule is CCCCC1CC(C(=O)O)CCC1(CCCCCCC(C)C)C(=O)O. The molecule has 0 amide bonds. The predicted molar refractivity (Wildman–Crippen MR) is 101 cm³/mol. The highest BCUT2D eigenvalue weighted by molar-refractivity contribution is 5.76. The Morgan fingerprint density at radius 2 is 1.76 bits per heavy atom. The monoisotopic (exact) mass is 354 g/mol. The van der Waals surface area contributed by atoms with Gasteiger partial charge in [-0.15, -0.1) is 0 Å². The third kappa shape index (κ3) is 6.63. The Hall–Kier alpha value is -1.06. The van der Waals surface area contributed by atoms with E-state index in [4.69, 9.17) is 0 Å². The number of rotatable bonds is 12. The van der Waals surface area contributed by atoms with Gasteiger partial charge < -0.3 is 10.2 Å². The van der Waals surface area contributed by atoms with Gasteiger partial charge in [-0.25, -0.2) is 0 Å². The van der Waals surface area contributed by atoms with Crippen molar-refractivity contribution in [1.82, 2.24) is 0 Å². The van der Waals surface area contributed by atoms with Crippen LogP contribution in [0.25, 0.3) is 0 Å². The second-order valence-electron chi connectivity index (χ2n) is 8.46. The number of hydrogen-bond acceptors (Lipinski definition) is 2. The topological polar surface area (TPSA) is 74.6 Å². The highest BCUT2D eigenvalue weighted by atomic mass is 16.4. The summed E-state index contributed by atoms with van der Waals surface area (Å²) in [4.78, 5) is 23.6. The maximum Gasteiger partial charge on any atom is 0.309 e. The Kier molecular flexibility index (Phi) is 9.52. The average Bonchev–Trinajstić information content (AvgIpc) is 2.55. The molecule has 0 aromatic heterocycles. The van der Waals surface area contributed by atoms with Crippen LogP contribution in [0.4, 0.5) is 0 Å². The summed E-state index contributed by atoms with van der Waals surface area (Å²) in [6.45, 7) is 6.58. The van der Waals surface area contributed by atoms with Crippen molar-refractivity contribution in [2.45, 2.75) is 97.8 Å². The molecule has 2 N–H and O–H groups in total. The lowest BCUT2D eigenvalue weighted by Crippen LogP contribution is -2.44. The van der Waals surface area contributed by atoms with Crippen molar-refractivity contribution in [1.29, 1.82) is 0 Å². The van der Waals surface area contributed by atoms with Crippen LogP contribution in [-0.4, -0.2) is 22.2 Å². The first kappa shape index (κ1) is 22.0. The van der Waals surface area contributed by atoms with Crippen molar-refractivity contribution in [2.24, 2.45) is 23.2 Å². The van der Waals surface area contributed by atoms with Crippen molar-refractivity contribution in [3.63, 3.8) is 0 Å². The summed E-state index contributed by atoms with van der Waals surface area (Å²) < 4.78 is 0. The highest BCUT2D eigenvalue weighted by Crippen LogP contribution is 2.49. The van der Waals surface area contributed by atoms with Crippen molar-refractivity contribution in [3.05, 3.63) is 0 Å². The molecule has 25 heavy (non-hydrogen) atoms. The van der Waals surface area contributed by atoms with E-state index in [-0.39, 0.29) is 11.8 Å². The minimum atomic E-state index is -0.755. The van der Waals surface area contributed by atoms with E-state index in [1.807, 2.05) is 0 Å². The van der Waals surface area contributed by atoms with Gasteiger partial charge in [0.1, 0.15) is 0 Å². The summed E-state index contributed by atoms with van der Waals surface area (Å²) in [5.74, 6) is -1.07. The van der Waals surface area contributed by atoms with Crippen LogP contribution in [-0.2, 0) is 9.59 Å². The Bertz CT molecular complexity index is 418. The van der Waals surface area contributed by atoms with Crippen molar-refractivity contribution >= 4 is 11.9 Å². The average molecular weight is 355 g/mol. The van der Waals surface area contributed by atoms with Crippen LogP contribution in [0.5, 0.6) is 0 Å². The second-order valence-corrected chi connectivity index (χ2v) is 8.46. The molecule has 0 aliphatic heterocycles. The van der Waals surface area contributed by atoms with Gasteiger partial charge in [-0.2, -0.15) is 0 Å². The maximum atomic E-state index is 12.2. The highest BCUT2D eigenvalue weighted by Gasteiger charge is 2.49. The van der Waals surface area contributed by atoms with Gasteiger partial charge in [0.2, 0.25) is 0 Å². The summed E-state index contributed by atoms with van der Waals surface area (Å²) in [6.07, 6.45) is 10.8. The summed E-state index contributed by atoms with van der Waals surface area (Å²) in [7, 11) is 0. The molecule has 0 aromatic carbocycles. The molecule has 0 radical (unpaired) electrons. The van der Waals surface area contributed by atoms with E-state index in [1.54, 1.807) is 0 Å². The molecule has 0 heterocycles. The molecule has 1 aliphatic rings. The number of hydrogen-bond donors (Lipinski definition) is 2. The maximum absolute atomic E-state index is 12.2. The Morgan fingerprint density at radius 3 is 2.32 bits per heavy atom. The van der Waals surface area contributed by atoms with E-state index >= 15 is 0 Å². The van der Waals surface area contributed by atoms with Gasteiger partial charge >= 0.3 is 11.9 Å². The molecule has 4 heteroatoms. The van der Waals surface area contributed by atoms with Crippen LogP contribution in [0.1, 0.15) is 97.8 Å². The zero-order chi connectivity index (χ0) is 18.9. The fraction of sp³-hybridized carbons (Fsp3) is 0.905. The van der Waals surface area contributed by atoms with Crippen LogP contribution in [0.3, 0.4) is 0 Å². The van der Waals surface area contributed by atoms with Gasteiger partial charge in [0, 0.05) is 0 Å². The van der Waals surface area contributed by atoms with Gasteiger partial charge in [0.25, 0.3) is 0 Å². The van der Waals surface area contributed by atoms with Crippen LogP contribution >= 0.6 is 0 Å². The van der Waals surface area contributed by atoms with E-state index in [0.29, 0.717) is 25.7 Å². The van der Waals surface area contributed by atoms with Gasteiger partial charge in [-0.05, 0) is 43.9 Å². The Labute approximate surface area is 153 Å². The molecule has 4 nitrogen and oxygen atoms in total. The molecular weight excluding hydrogens is 316 g/mol. The quantitative estimate of drug-likeness (QED) is 0.438. The van der Waals surface area contributed by atoms with E-state index < -0.39 is 17.4 Å². The minimum absolute atomic E-state index is 0.00969. The summed E-state index contributed by atoms with van der Waals surface area (Å²) in [5.41, 5.74) is -0.695. The number of carboxylic acids is 2. The normalized spacial score (nSPS) is 26.7. The Balaban J connectivity index is 2.67. The third-order valence-corrected chi connectivity index (χ3v) is 6.13. The summed E-state index contributed by atoms with van der Waals surface area (Å²) >= 11 is 0. The van der Waals surface area contributed by atoms with Gasteiger partial charge in [-0.1, -0.05) is 65.7 Å². The zero-order valence-electron chi connectivity index (χ0n) is 16.4. The van der Waals surface area contributed by atoms with Crippen LogP contribution in [0.15, 0.2) is 0 Å². The fourth-order valence-electron chi connectivity index (χ4n) is 4.46.